The SMILES string of the molecule is CC(=O)Oc1nccnc1Br. The van der Waals surface area contributed by atoms with Crippen LogP contribution in [0.25, 0.3) is 0 Å². The molecule has 1 aromatic heterocycles. The highest BCUT2D eigenvalue weighted by Gasteiger charge is 2.04. The van der Waals surface area contributed by atoms with Crippen LogP contribution in [0.3, 0.4) is 0 Å². The van der Waals surface area contributed by atoms with Crippen LogP contribution in [0.4, 0.5) is 0 Å². The molecule has 0 bridgehead atoms. The van der Waals surface area contributed by atoms with Gasteiger partial charge in [0.25, 0.3) is 5.88 Å². The molecule has 4 nitrogen and oxygen atoms in total. The van der Waals surface area contributed by atoms with Crippen molar-refractivity contribution in [1.29, 1.82) is 0 Å². The first-order valence-electron chi connectivity index (χ1n) is 2.85. The fraction of sp³-hybridized carbons (Fsp3) is 0.167. The Labute approximate surface area is 71.7 Å². The van der Waals surface area contributed by atoms with E-state index in [9.17, 15) is 4.79 Å². The van der Waals surface area contributed by atoms with E-state index in [1.165, 1.54) is 19.3 Å². The third-order valence-electron chi connectivity index (χ3n) is 0.863. The molecule has 1 heterocycles. The average molecular weight is 217 g/mol. The second-order valence-corrected chi connectivity index (χ2v) is 2.50. The van der Waals surface area contributed by atoms with Gasteiger partial charge in [0, 0.05) is 19.3 Å². The zero-order valence-electron chi connectivity index (χ0n) is 5.74. The van der Waals surface area contributed by atoms with Gasteiger partial charge in [-0.1, -0.05) is 0 Å². The third kappa shape index (κ3) is 2.27. The van der Waals surface area contributed by atoms with Crippen molar-refractivity contribution in [2.24, 2.45) is 0 Å². The molecule has 11 heavy (non-hydrogen) atoms. The predicted octanol–water partition coefficient (Wildman–Crippen LogP) is 1.16. The van der Waals surface area contributed by atoms with Crippen molar-refractivity contribution in [3.8, 4) is 5.88 Å². The molecule has 5 heteroatoms. The van der Waals surface area contributed by atoms with E-state index >= 15 is 0 Å². The highest BCUT2D eigenvalue weighted by Crippen LogP contribution is 2.17. The third-order valence-corrected chi connectivity index (χ3v) is 1.41. The van der Waals surface area contributed by atoms with E-state index in [1.807, 2.05) is 0 Å². The minimum Gasteiger partial charge on any atom is -0.405 e. The number of halogens is 1. The molecule has 0 atom stereocenters. The van der Waals surface area contributed by atoms with Crippen LogP contribution in [0.15, 0.2) is 17.0 Å². The maximum Gasteiger partial charge on any atom is 0.309 e. The van der Waals surface area contributed by atoms with Crippen molar-refractivity contribution in [2.75, 3.05) is 0 Å². The molecule has 0 fully saturated rings. The Bertz CT molecular complexity index is 277. The number of ether oxygens (including phenoxy) is 1. The van der Waals surface area contributed by atoms with Crippen LogP contribution in [0.1, 0.15) is 6.92 Å². The standard InChI is InChI=1S/C6H5BrN2O2/c1-4(10)11-6-5(7)8-2-3-9-6/h2-3H,1H3. The van der Waals surface area contributed by atoms with Crippen LogP contribution in [-0.4, -0.2) is 15.9 Å². The first-order valence-corrected chi connectivity index (χ1v) is 3.64. The normalized spacial score (nSPS) is 9.27. The number of aromatic nitrogens is 2. The Morgan fingerprint density at radius 1 is 1.55 bits per heavy atom. The number of carbonyl (C=O) groups is 1. The zero-order valence-corrected chi connectivity index (χ0v) is 7.33. The largest absolute Gasteiger partial charge is 0.405 e. The molecule has 0 saturated carbocycles. The molecule has 0 radical (unpaired) electrons. The maximum absolute atomic E-state index is 10.5. The van der Waals surface area contributed by atoms with Crippen LogP contribution >= 0.6 is 15.9 Å². The summed E-state index contributed by atoms with van der Waals surface area (Å²) >= 11 is 3.07. The van der Waals surface area contributed by atoms with Gasteiger partial charge >= 0.3 is 5.97 Å². The van der Waals surface area contributed by atoms with Gasteiger partial charge in [-0.05, 0) is 15.9 Å². The molecule has 0 aliphatic rings. The van der Waals surface area contributed by atoms with Gasteiger partial charge in [-0.25, -0.2) is 9.97 Å². The van der Waals surface area contributed by atoms with Gasteiger partial charge in [-0.15, -0.1) is 0 Å². The summed E-state index contributed by atoms with van der Waals surface area (Å²) < 4.78 is 5.11. The Kier molecular flexibility index (Phi) is 2.53. The van der Waals surface area contributed by atoms with Gasteiger partial charge in [-0.2, -0.15) is 0 Å². The number of carbonyl (C=O) groups excluding carboxylic acids is 1. The smallest absolute Gasteiger partial charge is 0.309 e. The summed E-state index contributed by atoms with van der Waals surface area (Å²) in [6.45, 7) is 1.31. The van der Waals surface area contributed by atoms with E-state index in [-0.39, 0.29) is 5.88 Å². The lowest BCUT2D eigenvalue weighted by Gasteiger charge is -1.99. The molecule has 0 aliphatic heterocycles. The fourth-order valence-electron chi connectivity index (χ4n) is 0.513. The number of hydrogen-bond donors (Lipinski definition) is 0. The summed E-state index contributed by atoms with van der Waals surface area (Å²) in [5.74, 6) is -0.216. The van der Waals surface area contributed by atoms with Crippen molar-refractivity contribution in [3.63, 3.8) is 0 Å². The van der Waals surface area contributed by atoms with Gasteiger partial charge in [-0.3, -0.25) is 4.79 Å². The van der Waals surface area contributed by atoms with E-state index in [4.69, 9.17) is 0 Å². The first-order chi connectivity index (χ1) is 5.20. The molecule has 0 unspecified atom stereocenters. The molecule has 0 aliphatic carbocycles. The number of hydrogen-bond acceptors (Lipinski definition) is 4. The van der Waals surface area contributed by atoms with E-state index in [0.29, 0.717) is 4.60 Å². The summed E-state index contributed by atoms with van der Waals surface area (Å²) in [4.78, 5) is 18.0. The summed E-state index contributed by atoms with van der Waals surface area (Å²) in [5, 5.41) is 0. The van der Waals surface area contributed by atoms with E-state index in [0.717, 1.165) is 0 Å². The Balaban J connectivity index is 2.86. The van der Waals surface area contributed by atoms with Gasteiger partial charge in [0.1, 0.15) is 0 Å². The lowest BCUT2D eigenvalue weighted by Crippen LogP contribution is -2.03. The van der Waals surface area contributed by atoms with E-state index in [2.05, 4.69) is 30.6 Å². The van der Waals surface area contributed by atoms with Gasteiger partial charge in [0.15, 0.2) is 4.60 Å². The van der Waals surface area contributed by atoms with Gasteiger partial charge in [0.2, 0.25) is 0 Å². The Morgan fingerprint density at radius 2 is 2.18 bits per heavy atom. The van der Waals surface area contributed by atoms with Crippen LogP contribution < -0.4 is 4.74 Å². The zero-order chi connectivity index (χ0) is 8.27. The highest BCUT2D eigenvalue weighted by atomic mass is 79.9. The van der Waals surface area contributed by atoms with Gasteiger partial charge < -0.3 is 4.74 Å². The number of rotatable bonds is 1. The average Bonchev–Trinajstić information content (AvgIpc) is 1.93. The lowest BCUT2D eigenvalue weighted by molar-refractivity contribution is -0.132. The topological polar surface area (TPSA) is 52.1 Å². The quantitative estimate of drug-likeness (QED) is 0.662. The molecule has 0 aromatic carbocycles. The highest BCUT2D eigenvalue weighted by molar-refractivity contribution is 9.10. The molecular weight excluding hydrogens is 212 g/mol. The van der Waals surface area contributed by atoms with E-state index < -0.39 is 5.97 Å². The van der Waals surface area contributed by atoms with Gasteiger partial charge in [0.05, 0.1) is 0 Å². The first kappa shape index (κ1) is 8.13. The van der Waals surface area contributed by atoms with Crippen molar-refractivity contribution in [1.82, 2.24) is 9.97 Å². The van der Waals surface area contributed by atoms with Crippen molar-refractivity contribution < 1.29 is 9.53 Å². The molecular formula is C6H5BrN2O2. The second-order valence-electron chi connectivity index (χ2n) is 1.75. The van der Waals surface area contributed by atoms with E-state index in [1.54, 1.807) is 0 Å². The minimum absolute atomic E-state index is 0.194. The maximum atomic E-state index is 10.5. The summed E-state index contributed by atoms with van der Waals surface area (Å²) in [7, 11) is 0. The summed E-state index contributed by atoms with van der Waals surface area (Å²) in [6, 6.07) is 0. The molecule has 1 rings (SSSR count). The monoisotopic (exact) mass is 216 g/mol. The summed E-state index contributed by atoms with van der Waals surface area (Å²) in [5.41, 5.74) is 0. The van der Waals surface area contributed by atoms with Crippen LogP contribution in [0.2, 0.25) is 0 Å². The Hall–Kier alpha value is -0.970. The van der Waals surface area contributed by atoms with Crippen molar-refractivity contribution in [2.45, 2.75) is 6.92 Å². The fourth-order valence-corrected chi connectivity index (χ4v) is 0.814. The lowest BCUT2D eigenvalue weighted by atomic mass is 10.7. The molecule has 1 aromatic rings. The molecule has 0 N–H and O–H groups in total. The summed E-state index contributed by atoms with van der Waals surface area (Å²) in [6.07, 6.45) is 2.94. The minimum atomic E-state index is -0.411. The van der Waals surface area contributed by atoms with Crippen molar-refractivity contribution in [3.05, 3.63) is 17.0 Å². The van der Waals surface area contributed by atoms with Crippen LogP contribution in [-0.2, 0) is 4.79 Å². The number of esters is 1. The Morgan fingerprint density at radius 3 is 2.73 bits per heavy atom. The van der Waals surface area contributed by atoms with Crippen LogP contribution in [0, 0.1) is 0 Å². The predicted molar refractivity (Wildman–Crippen MR) is 41.0 cm³/mol. The van der Waals surface area contributed by atoms with Crippen LogP contribution in [0.5, 0.6) is 5.88 Å². The molecule has 0 amide bonds. The number of nitrogens with zero attached hydrogens (tertiary/aromatic N) is 2. The molecule has 58 valence electrons. The second kappa shape index (κ2) is 3.43. The molecule has 0 saturated heterocycles. The van der Waals surface area contributed by atoms with Crippen molar-refractivity contribution >= 4 is 21.9 Å². The molecule has 0 spiro atoms.